The largest absolute Gasteiger partial charge is 0.289 e. The smallest absolute Gasteiger partial charge is 0.226 e. The van der Waals surface area contributed by atoms with E-state index >= 15 is 0 Å². The van der Waals surface area contributed by atoms with Gasteiger partial charge in [0.15, 0.2) is 10.8 Å². The van der Waals surface area contributed by atoms with Gasteiger partial charge in [0.05, 0.1) is 10.6 Å². The van der Waals surface area contributed by atoms with Gasteiger partial charge in [-0.1, -0.05) is 75.7 Å². The summed E-state index contributed by atoms with van der Waals surface area (Å²) in [6.07, 6.45) is 3.40. The van der Waals surface area contributed by atoms with Crippen LogP contribution in [0.1, 0.15) is 38.8 Å². The van der Waals surface area contributed by atoms with Gasteiger partial charge in [0.1, 0.15) is 0 Å². The Hall–Kier alpha value is -3.12. The summed E-state index contributed by atoms with van der Waals surface area (Å²) >= 11 is 0. The molecule has 0 radical (unpaired) electrons. The highest BCUT2D eigenvalue weighted by Gasteiger charge is 2.26. The highest BCUT2D eigenvalue weighted by molar-refractivity contribution is 8.07. The van der Waals surface area contributed by atoms with Crippen LogP contribution >= 0.6 is 0 Å². The summed E-state index contributed by atoms with van der Waals surface area (Å²) in [6.45, 7) is 9.70. The van der Waals surface area contributed by atoms with E-state index < -0.39 is 9.84 Å². The number of sulfone groups is 1. The standard InChI is InChI=1S/C26H28N2O3S/c1-17(2)23-15-21(16-24(18(3)4)25(23)29)27-28-26(20-9-7-6-8-10-20)32(30,31)22-13-11-19(5)12-14-22/h6-18H,1-5H3. The van der Waals surface area contributed by atoms with Crippen molar-refractivity contribution in [1.82, 2.24) is 0 Å². The zero-order valence-corrected chi connectivity index (χ0v) is 19.8. The Bertz CT molecular complexity index is 1200. The normalized spacial score (nSPS) is 15.2. The van der Waals surface area contributed by atoms with Crippen LogP contribution in [-0.4, -0.2) is 25.0 Å². The van der Waals surface area contributed by atoms with E-state index in [2.05, 4.69) is 10.2 Å². The molecule has 2 aromatic rings. The minimum absolute atomic E-state index is 0.00786. The van der Waals surface area contributed by atoms with E-state index in [9.17, 15) is 13.2 Å². The molecular formula is C26H28N2O3S. The first kappa shape index (κ1) is 23.5. The van der Waals surface area contributed by atoms with E-state index in [-0.39, 0.29) is 27.6 Å². The lowest BCUT2D eigenvalue weighted by Crippen LogP contribution is -2.21. The molecule has 32 heavy (non-hydrogen) atoms. The summed E-state index contributed by atoms with van der Waals surface area (Å²) in [6, 6.07) is 15.4. The second-order valence-corrected chi connectivity index (χ2v) is 10.3. The third kappa shape index (κ3) is 5.02. The third-order valence-electron chi connectivity index (χ3n) is 5.24. The van der Waals surface area contributed by atoms with Crippen LogP contribution < -0.4 is 0 Å². The number of allylic oxidation sites excluding steroid dienone is 4. The van der Waals surface area contributed by atoms with E-state index in [0.29, 0.717) is 22.4 Å². The predicted octanol–water partition coefficient (Wildman–Crippen LogP) is 5.32. The molecule has 1 aliphatic rings. The molecule has 2 aromatic carbocycles. The molecule has 0 aromatic heterocycles. The van der Waals surface area contributed by atoms with Crippen molar-refractivity contribution in [2.45, 2.75) is 39.5 Å². The molecular weight excluding hydrogens is 420 g/mol. The molecule has 0 bridgehead atoms. The molecule has 0 saturated heterocycles. The van der Waals surface area contributed by atoms with Crippen LogP contribution in [0.3, 0.4) is 0 Å². The fourth-order valence-electron chi connectivity index (χ4n) is 3.35. The number of aryl methyl sites for hydroxylation is 1. The molecule has 166 valence electrons. The Morgan fingerprint density at radius 1 is 0.812 bits per heavy atom. The van der Waals surface area contributed by atoms with Gasteiger partial charge in [-0.25, -0.2) is 8.42 Å². The predicted molar refractivity (Wildman–Crippen MR) is 130 cm³/mol. The van der Waals surface area contributed by atoms with Crippen LogP contribution in [0.15, 0.2) is 93.0 Å². The van der Waals surface area contributed by atoms with Crippen molar-refractivity contribution < 1.29 is 13.2 Å². The fraction of sp³-hybridized carbons (Fsp3) is 0.269. The van der Waals surface area contributed by atoms with Crippen LogP contribution in [0.25, 0.3) is 0 Å². The zero-order chi connectivity index (χ0) is 23.5. The molecule has 0 spiro atoms. The summed E-state index contributed by atoms with van der Waals surface area (Å²) in [4.78, 5) is 12.9. The average Bonchev–Trinajstić information content (AvgIpc) is 2.75. The second kappa shape index (κ2) is 9.57. The Morgan fingerprint density at radius 2 is 1.34 bits per heavy atom. The highest BCUT2D eigenvalue weighted by atomic mass is 32.2. The molecule has 0 unspecified atom stereocenters. The first-order valence-corrected chi connectivity index (χ1v) is 12.1. The molecule has 3 rings (SSSR count). The van der Waals surface area contributed by atoms with Crippen LogP contribution in [0.4, 0.5) is 0 Å². The SMILES string of the molecule is Cc1ccc(S(=O)(=O)C(=NN=C2C=C(C(C)C)C(=O)C(C(C)C)=C2)c2ccccc2)cc1. The number of benzene rings is 2. The van der Waals surface area contributed by atoms with Crippen molar-refractivity contribution in [3.8, 4) is 0 Å². The maximum Gasteiger partial charge on any atom is 0.226 e. The number of hydrogen-bond acceptors (Lipinski definition) is 5. The summed E-state index contributed by atoms with van der Waals surface area (Å²) in [5, 5.41) is 8.37. The van der Waals surface area contributed by atoms with Crippen LogP contribution in [-0.2, 0) is 14.6 Å². The Labute approximate surface area is 190 Å². The molecule has 0 saturated carbocycles. The summed E-state index contributed by atoms with van der Waals surface area (Å²) in [5.74, 6) is 0.0431. The first-order valence-electron chi connectivity index (χ1n) is 10.6. The lowest BCUT2D eigenvalue weighted by atomic mass is 9.84. The highest BCUT2D eigenvalue weighted by Crippen LogP contribution is 2.25. The molecule has 0 heterocycles. The van der Waals surface area contributed by atoms with Gasteiger partial charge < -0.3 is 0 Å². The maximum absolute atomic E-state index is 13.4. The number of carbonyl (C=O) groups is 1. The topological polar surface area (TPSA) is 75.9 Å². The van der Waals surface area contributed by atoms with Crippen molar-refractivity contribution in [2.24, 2.45) is 22.0 Å². The number of ketones is 1. The van der Waals surface area contributed by atoms with Gasteiger partial charge in [-0.2, -0.15) is 0 Å². The minimum atomic E-state index is -3.91. The summed E-state index contributed by atoms with van der Waals surface area (Å²) in [5.41, 5.74) is 3.17. The molecule has 0 aliphatic heterocycles. The number of Topliss-reactive ketones (excluding diaryl/α,β-unsaturated/α-hetero) is 1. The molecule has 0 N–H and O–H groups in total. The van der Waals surface area contributed by atoms with Gasteiger partial charge >= 0.3 is 0 Å². The van der Waals surface area contributed by atoms with E-state index in [1.165, 1.54) is 0 Å². The lowest BCUT2D eigenvalue weighted by Gasteiger charge is -2.19. The maximum atomic E-state index is 13.4. The lowest BCUT2D eigenvalue weighted by molar-refractivity contribution is -0.113. The van der Waals surface area contributed by atoms with Crippen molar-refractivity contribution in [3.63, 3.8) is 0 Å². The van der Waals surface area contributed by atoms with Crippen molar-refractivity contribution >= 4 is 26.4 Å². The fourth-order valence-corrected chi connectivity index (χ4v) is 4.67. The van der Waals surface area contributed by atoms with E-state index in [1.54, 1.807) is 60.7 Å². The Kier molecular flexibility index (Phi) is 7.04. The second-order valence-electron chi connectivity index (χ2n) is 8.45. The minimum Gasteiger partial charge on any atom is -0.289 e. The van der Waals surface area contributed by atoms with Crippen molar-refractivity contribution in [2.75, 3.05) is 0 Å². The molecule has 0 fully saturated rings. The number of nitrogens with zero attached hydrogens (tertiary/aromatic N) is 2. The Morgan fingerprint density at radius 3 is 1.84 bits per heavy atom. The van der Waals surface area contributed by atoms with Crippen molar-refractivity contribution in [3.05, 3.63) is 89.0 Å². The van der Waals surface area contributed by atoms with Crippen LogP contribution in [0.5, 0.6) is 0 Å². The van der Waals surface area contributed by atoms with Gasteiger partial charge in [-0.05, 0) is 43.0 Å². The molecule has 0 amide bonds. The quantitative estimate of drug-likeness (QED) is 0.269. The Balaban J connectivity index is 2.17. The van der Waals surface area contributed by atoms with Gasteiger partial charge in [0.25, 0.3) is 0 Å². The number of hydrogen-bond donors (Lipinski definition) is 0. The van der Waals surface area contributed by atoms with Crippen molar-refractivity contribution in [1.29, 1.82) is 0 Å². The molecule has 1 aliphatic carbocycles. The number of rotatable bonds is 5. The monoisotopic (exact) mass is 448 g/mol. The van der Waals surface area contributed by atoms with Gasteiger partial charge in [0.2, 0.25) is 9.84 Å². The van der Waals surface area contributed by atoms with E-state index in [4.69, 9.17) is 0 Å². The third-order valence-corrected chi connectivity index (χ3v) is 6.96. The number of carbonyl (C=O) groups excluding carboxylic acids is 1. The van der Waals surface area contributed by atoms with Gasteiger partial charge in [-0.15, -0.1) is 10.2 Å². The molecule has 5 nitrogen and oxygen atoms in total. The molecule has 0 atom stereocenters. The van der Waals surface area contributed by atoms with Crippen LogP contribution in [0, 0.1) is 18.8 Å². The summed E-state index contributed by atoms with van der Waals surface area (Å²) in [7, 11) is -3.91. The van der Waals surface area contributed by atoms with Gasteiger partial charge in [0, 0.05) is 16.7 Å². The zero-order valence-electron chi connectivity index (χ0n) is 19.0. The first-order chi connectivity index (χ1) is 15.1. The van der Waals surface area contributed by atoms with Crippen LogP contribution in [0.2, 0.25) is 0 Å². The van der Waals surface area contributed by atoms with Gasteiger partial charge in [-0.3, -0.25) is 4.79 Å². The summed E-state index contributed by atoms with van der Waals surface area (Å²) < 4.78 is 26.9. The van der Waals surface area contributed by atoms with E-state index in [1.807, 2.05) is 40.7 Å². The van der Waals surface area contributed by atoms with E-state index in [0.717, 1.165) is 5.56 Å². The average molecular weight is 449 g/mol. The molecule has 6 heteroatoms.